The van der Waals surface area contributed by atoms with Crippen LogP contribution in [0.2, 0.25) is 0 Å². The smallest absolute Gasteiger partial charge is 0.315 e. The molecule has 0 aliphatic carbocycles. The Labute approximate surface area is 153 Å². The van der Waals surface area contributed by atoms with Crippen molar-refractivity contribution in [1.29, 1.82) is 0 Å². The quantitative estimate of drug-likeness (QED) is 0.354. The van der Waals surface area contributed by atoms with Gasteiger partial charge in [-0.3, -0.25) is 9.59 Å². The number of carbonyl (C=O) groups is 2. The summed E-state index contributed by atoms with van der Waals surface area (Å²) in [4.78, 5) is 23.7. The van der Waals surface area contributed by atoms with Crippen LogP contribution in [-0.4, -0.2) is 70.0 Å². The Bertz CT molecular complexity index is 493. The topological polar surface area (TPSA) is 134 Å². The Balaban J connectivity index is 6.31. The molecule has 0 aromatic rings. The molecule has 0 aliphatic heterocycles. The van der Waals surface area contributed by atoms with E-state index in [0.717, 1.165) is 0 Å². The fraction of sp³-hybridized carbons (Fsp3) is 0.667. The van der Waals surface area contributed by atoms with Crippen LogP contribution < -0.4 is 0 Å². The van der Waals surface area contributed by atoms with Crippen molar-refractivity contribution in [2.75, 3.05) is 13.2 Å². The van der Waals surface area contributed by atoms with Crippen LogP contribution in [0.3, 0.4) is 0 Å². The van der Waals surface area contributed by atoms with Gasteiger partial charge in [0, 0.05) is 0 Å². The predicted molar refractivity (Wildman–Crippen MR) is 94.8 cm³/mol. The number of carboxylic acids is 2. The van der Waals surface area contributed by atoms with Crippen molar-refractivity contribution in [2.24, 2.45) is 5.41 Å². The molecule has 4 atom stereocenters. The predicted octanol–water partition coefficient (Wildman–Crippen LogP) is 1.22. The summed E-state index contributed by atoms with van der Waals surface area (Å²) in [6.07, 6.45) is -6.53. The van der Waals surface area contributed by atoms with Crippen LogP contribution in [0.25, 0.3) is 0 Å². The molecule has 0 amide bonds. The maximum atomic E-state index is 12.2. The molecule has 4 unspecified atom stereocenters. The zero-order valence-corrected chi connectivity index (χ0v) is 15.8. The molecule has 0 radical (unpaired) electrons. The van der Waals surface area contributed by atoms with E-state index in [1.54, 1.807) is 13.8 Å². The lowest BCUT2D eigenvalue weighted by Crippen LogP contribution is -2.61. The molecule has 0 bridgehead atoms. The van der Waals surface area contributed by atoms with Crippen LogP contribution in [0, 0.1) is 5.41 Å². The molecule has 8 nitrogen and oxygen atoms in total. The third-order valence-electron chi connectivity index (χ3n) is 3.75. The highest BCUT2D eigenvalue weighted by atomic mass is 16.5. The molecule has 0 spiro atoms. The maximum absolute atomic E-state index is 12.2. The van der Waals surface area contributed by atoms with Gasteiger partial charge in [0.1, 0.15) is 17.6 Å². The number of carboxylic acid groups (broad SMARTS) is 2. The van der Waals surface area contributed by atoms with Crippen LogP contribution in [0.4, 0.5) is 0 Å². The second-order valence-corrected chi connectivity index (χ2v) is 6.77. The van der Waals surface area contributed by atoms with E-state index in [4.69, 9.17) is 9.47 Å². The molecule has 0 saturated carbocycles. The minimum Gasteiger partial charge on any atom is -0.481 e. The zero-order valence-electron chi connectivity index (χ0n) is 15.8. The zero-order chi connectivity index (χ0) is 20.7. The Kier molecular flexibility index (Phi) is 9.72. The van der Waals surface area contributed by atoms with E-state index in [1.165, 1.54) is 13.8 Å². The van der Waals surface area contributed by atoms with E-state index >= 15 is 0 Å². The van der Waals surface area contributed by atoms with Crippen LogP contribution in [-0.2, 0) is 19.1 Å². The minimum atomic E-state index is -2.24. The summed E-state index contributed by atoms with van der Waals surface area (Å²) in [5.74, 6) is -2.98. The van der Waals surface area contributed by atoms with E-state index < -0.39 is 48.2 Å². The summed E-state index contributed by atoms with van der Waals surface area (Å²) in [5.41, 5.74) is -1.12. The van der Waals surface area contributed by atoms with E-state index in [1.807, 2.05) is 0 Å². The first-order valence-electron chi connectivity index (χ1n) is 8.19. The normalized spacial score (nSPS) is 18.2. The Morgan fingerprint density at radius 3 is 1.46 bits per heavy atom. The minimum absolute atomic E-state index is 0.0861. The van der Waals surface area contributed by atoms with Gasteiger partial charge in [-0.15, -0.1) is 0 Å². The first-order chi connectivity index (χ1) is 11.9. The molecule has 0 saturated heterocycles. The lowest BCUT2D eigenvalue weighted by Gasteiger charge is -2.43. The molecule has 0 aromatic heterocycles. The first kappa shape index (κ1) is 24.3. The molecule has 150 valence electrons. The van der Waals surface area contributed by atoms with Gasteiger partial charge < -0.3 is 29.9 Å². The standard InChI is InChI=1S/C18H30O8/c1-10(2)8-25-15(12(5)19)18(17(23)24,7-14(21)22)16(13(6)20)26-9-11(3)4/h12-13,15-16,19-20H,1,3,7-9H2,2,4-6H3,(H,21,22)(H,23,24). The van der Waals surface area contributed by atoms with Crippen LogP contribution in [0.1, 0.15) is 34.1 Å². The molecule has 26 heavy (non-hydrogen) atoms. The number of rotatable bonds is 13. The molecule has 0 heterocycles. The third-order valence-corrected chi connectivity index (χ3v) is 3.75. The second kappa shape index (κ2) is 10.4. The van der Waals surface area contributed by atoms with Crippen molar-refractivity contribution in [3.8, 4) is 0 Å². The van der Waals surface area contributed by atoms with Crippen LogP contribution in [0.15, 0.2) is 24.3 Å². The summed E-state index contributed by atoms with van der Waals surface area (Å²) < 4.78 is 11.0. The lowest BCUT2D eigenvalue weighted by molar-refractivity contribution is -0.207. The number of hydrogen-bond donors (Lipinski definition) is 4. The van der Waals surface area contributed by atoms with Crippen molar-refractivity contribution >= 4 is 11.9 Å². The highest BCUT2D eigenvalue weighted by molar-refractivity contribution is 5.83. The fourth-order valence-corrected chi connectivity index (χ4v) is 2.83. The summed E-state index contributed by atoms with van der Waals surface area (Å²) in [6.45, 7) is 13.0. The van der Waals surface area contributed by atoms with E-state index in [2.05, 4.69) is 13.2 Å². The monoisotopic (exact) mass is 374 g/mol. The van der Waals surface area contributed by atoms with Crippen molar-refractivity contribution in [2.45, 2.75) is 58.5 Å². The summed E-state index contributed by atoms with van der Waals surface area (Å²) in [7, 11) is 0. The van der Waals surface area contributed by atoms with Gasteiger partial charge in [-0.1, -0.05) is 24.3 Å². The van der Waals surface area contributed by atoms with Gasteiger partial charge in [0.05, 0.1) is 31.8 Å². The van der Waals surface area contributed by atoms with Crippen molar-refractivity contribution in [1.82, 2.24) is 0 Å². The lowest BCUT2D eigenvalue weighted by atomic mass is 9.70. The molecule has 0 fully saturated rings. The average Bonchev–Trinajstić information content (AvgIpc) is 2.44. The summed E-state index contributed by atoms with van der Waals surface area (Å²) in [6, 6.07) is 0. The van der Waals surface area contributed by atoms with Gasteiger partial charge in [0.2, 0.25) is 0 Å². The third kappa shape index (κ3) is 6.53. The first-order valence-corrected chi connectivity index (χ1v) is 8.19. The van der Waals surface area contributed by atoms with Gasteiger partial charge in [0.25, 0.3) is 0 Å². The number of aliphatic hydroxyl groups is 2. The highest BCUT2D eigenvalue weighted by Gasteiger charge is 2.58. The van der Waals surface area contributed by atoms with E-state index in [9.17, 15) is 30.0 Å². The van der Waals surface area contributed by atoms with Crippen molar-refractivity contribution in [3.63, 3.8) is 0 Å². The van der Waals surface area contributed by atoms with Gasteiger partial charge in [0.15, 0.2) is 0 Å². The van der Waals surface area contributed by atoms with Gasteiger partial charge >= 0.3 is 11.9 Å². The van der Waals surface area contributed by atoms with Gasteiger partial charge in [-0.25, -0.2) is 0 Å². The number of aliphatic carboxylic acids is 2. The molecule has 0 aliphatic rings. The van der Waals surface area contributed by atoms with Crippen LogP contribution in [0.5, 0.6) is 0 Å². The van der Waals surface area contributed by atoms with Crippen molar-refractivity contribution in [3.05, 3.63) is 24.3 Å². The SMILES string of the molecule is C=C(C)COC(C(C)O)C(CC(=O)O)(C(=O)O)C(OCC(=C)C)C(C)O. The molecule has 8 heteroatoms. The van der Waals surface area contributed by atoms with Crippen LogP contribution >= 0.6 is 0 Å². The molecule has 0 rings (SSSR count). The maximum Gasteiger partial charge on any atom is 0.315 e. The average molecular weight is 374 g/mol. The second-order valence-electron chi connectivity index (χ2n) is 6.77. The molecular formula is C18H30O8. The molecular weight excluding hydrogens is 344 g/mol. The van der Waals surface area contributed by atoms with Gasteiger partial charge in [-0.05, 0) is 27.7 Å². The highest BCUT2D eigenvalue weighted by Crippen LogP contribution is 2.39. The van der Waals surface area contributed by atoms with Gasteiger partial charge in [-0.2, -0.15) is 0 Å². The Morgan fingerprint density at radius 1 is 0.923 bits per heavy atom. The number of aliphatic hydroxyl groups excluding tert-OH is 2. The summed E-state index contributed by atoms with van der Waals surface area (Å²) in [5, 5.41) is 39.6. The molecule has 0 aromatic carbocycles. The Hall–Kier alpha value is -1.74. The fourth-order valence-electron chi connectivity index (χ4n) is 2.83. The van der Waals surface area contributed by atoms with E-state index in [0.29, 0.717) is 11.1 Å². The van der Waals surface area contributed by atoms with Crippen molar-refractivity contribution < 1.29 is 39.5 Å². The largest absolute Gasteiger partial charge is 0.481 e. The summed E-state index contributed by atoms with van der Waals surface area (Å²) >= 11 is 0. The number of hydrogen-bond acceptors (Lipinski definition) is 6. The number of ether oxygens (including phenoxy) is 2. The Morgan fingerprint density at radius 2 is 1.27 bits per heavy atom. The molecule has 4 N–H and O–H groups in total. The van der Waals surface area contributed by atoms with E-state index in [-0.39, 0.29) is 13.2 Å².